The van der Waals surface area contributed by atoms with E-state index in [-0.39, 0.29) is 5.91 Å². The molecule has 2 rings (SSSR count). The van der Waals surface area contributed by atoms with Gasteiger partial charge in [0.2, 0.25) is 5.91 Å². The van der Waals surface area contributed by atoms with Gasteiger partial charge in [0, 0.05) is 25.6 Å². The zero-order valence-corrected chi connectivity index (χ0v) is 18.0. The zero-order chi connectivity index (χ0) is 20.2. The molecule has 0 radical (unpaired) electrons. The van der Waals surface area contributed by atoms with Crippen LogP contribution in [0.1, 0.15) is 64.9 Å². The standard InChI is InChI=1S/C23H38N2O3/c1-4-20-10-7-8-16-25(20)17-9-15-24-23(26)14-12-19-11-13-21(27-5-2)22(18-19)28-6-3/h11,13,18,20H,4-10,12,14-17H2,1-3H3,(H,24,26)/t20-/m1/s1. The third-order valence-electron chi connectivity index (χ3n) is 5.41. The van der Waals surface area contributed by atoms with Crippen molar-refractivity contribution in [3.63, 3.8) is 0 Å². The predicted octanol–water partition coefficient (Wildman–Crippen LogP) is 4.19. The predicted molar refractivity (Wildman–Crippen MR) is 114 cm³/mol. The quantitative estimate of drug-likeness (QED) is 0.544. The number of hydrogen-bond acceptors (Lipinski definition) is 4. The number of nitrogens with zero attached hydrogens (tertiary/aromatic N) is 1. The Morgan fingerprint density at radius 3 is 2.68 bits per heavy atom. The van der Waals surface area contributed by atoms with Crippen molar-refractivity contribution in [2.75, 3.05) is 32.8 Å². The number of ether oxygens (including phenoxy) is 2. The summed E-state index contributed by atoms with van der Waals surface area (Å²) in [6.07, 6.45) is 7.48. The minimum Gasteiger partial charge on any atom is -0.490 e. The van der Waals surface area contributed by atoms with E-state index in [0.29, 0.717) is 26.1 Å². The van der Waals surface area contributed by atoms with Crippen molar-refractivity contribution in [3.05, 3.63) is 23.8 Å². The van der Waals surface area contributed by atoms with Crippen LogP contribution < -0.4 is 14.8 Å². The molecule has 1 N–H and O–H groups in total. The molecule has 1 aromatic carbocycles. The molecule has 28 heavy (non-hydrogen) atoms. The van der Waals surface area contributed by atoms with Crippen LogP contribution in [0.25, 0.3) is 0 Å². The molecule has 1 saturated heterocycles. The largest absolute Gasteiger partial charge is 0.490 e. The fraction of sp³-hybridized carbons (Fsp3) is 0.696. The van der Waals surface area contributed by atoms with E-state index >= 15 is 0 Å². The first-order valence-corrected chi connectivity index (χ1v) is 11.1. The van der Waals surface area contributed by atoms with Crippen LogP contribution in [0.2, 0.25) is 0 Å². The van der Waals surface area contributed by atoms with Crippen LogP contribution >= 0.6 is 0 Å². The van der Waals surface area contributed by atoms with Crippen LogP contribution in [-0.4, -0.2) is 49.7 Å². The third-order valence-corrected chi connectivity index (χ3v) is 5.41. The maximum Gasteiger partial charge on any atom is 0.220 e. The van der Waals surface area contributed by atoms with Gasteiger partial charge in [-0.1, -0.05) is 19.4 Å². The van der Waals surface area contributed by atoms with Gasteiger partial charge in [0.15, 0.2) is 11.5 Å². The summed E-state index contributed by atoms with van der Waals surface area (Å²) in [5, 5.41) is 3.08. The molecule has 1 fully saturated rings. The van der Waals surface area contributed by atoms with Crippen LogP contribution in [0.5, 0.6) is 11.5 Å². The molecule has 1 aliphatic rings. The van der Waals surface area contributed by atoms with E-state index in [1.165, 1.54) is 32.2 Å². The first-order chi connectivity index (χ1) is 13.7. The highest BCUT2D eigenvalue weighted by molar-refractivity contribution is 5.76. The highest BCUT2D eigenvalue weighted by Crippen LogP contribution is 2.29. The molecule has 0 aromatic heterocycles. The highest BCUT2D eigenvalue weighted by Gasteiger charge is 2.19. The van der Waals surface area contributed by atoms with E-state index in [4.69, 9.17) is 9.47 Å². The number of nitrogens with one attached hydrogen (secondary N) is 1. The molecule has 0 bridgehead atoms. The maximum atomic E-state index is 12.2. The number of carbonyl (C=O) groups excluding carboxylic acids is 1. The summed E-state index contributed by atoms with van der Waals surface area (Å²) in [6.45, 7) is 10.5. The average molecular weight is 391 g/mol. The Bertz CT molecular complexity index is 591. The molecule has 1 amide bonds. The molecule has 0 aliphatic carbocycles. The van der Waals surface area contributed by atoms with Crippen LogP contribution in [0.3, 0.4) is 0 Å². The number of piperidine rings is 1. The first-order valence-electron chi connectivity index (χ1n) is 11.1. The Kier molecular flexibility index (Phi) is 10.2. The number of benzene rings is 1. The summed E-state index contributed by atoms with van der Waals surface area (Å²) in [6, 6.07) is 6.68. The monoisotopic (exact) mass is 390 g/mol. The van der Waals surface area contributed by atoms with Gasteiger partial charge in [0.05, 0.1) is 13.2 Å². The number of carbonyl (C=O) groups is 1. The van der Waals surface area contributed by atoms with Crippen LogP contribution in [0.15, 0.2) is 18.2 Å². The lowest BCUT2D eigenvalue weighted by atomic mass is 10.00. The lowest BCUT2D eigenvalue weighted by Gasteiger charge is -2.35. The van der Waals surface area contributed by atoms with E-state index in [9.17, 15) is 4.79 Å². The van der Waals surface area contributed by atoms with E-state index in [0.717, 1.165) is 42.6 Å². The van der Waals surface area contributed by atoms with Gasteiger partial charge < -0.3 is 19.7 Å². The maximum absolute atomic E-state index is 12.2. The second kappa shape index (κ2) is 12.7. The molecule has 0 saturated carbocycles. The van der Waals surface area contributed by atoms with E-state index in [2.05, 4.69) is 17.1 Å². The topological polar surface area (TPSA) is 50.8 Å². The lowest BCUT2D eigenvalue weighted by molar-refractivity contribution is -0.121. The molecule has 0 spiro atoms. The Morgan fingerprint density at radius 1 is 1.14 bits per heavy atom. The molecule has 5 nitrogen and oxygen atoms in total. The summed E-state index contributed by atoms with van der Waals surface area (Å²) < 4.78 is 11.3. The Morgan fingerprint density at radius 2 is 1.93 bits per heavy atom. The van der Waals surface area contributed by atoms with Crippen molar-refractivity contribution in [3.8, 4) is 11.5 Å². The number of likely N-dealkylation sites (tertiary alicyclic amines) is 1. The van der Waals surface area contributed by atoms with Crippen molar-refractivity contribution in [2.24, 2.45) is 0 Å². The van der Waals surface area contributed by atoms with Crippen molar-refractivity contribution >= 4 is 5.91 Å². The van der Waals surface area contributed by atoms with Crippen molar-refractivity contribution in [1.82, 2.24) is 10.2 Å². The summed E-state index contributed by atoms with van der Waals surface area (Å²) in [4.78, 5) is 14.8. The van der Waals surface area contributed by atoms with E-state index in [1.807, 2.05) is 32.0 Å². The van der Waals surface area contributed by atoms with Gasteiger partial charge in [-0.2, -0.15) is 0 Å². The highest BCUT2D eigenvalue weighted by atomic mass is 16.5. The number of aryl methyl sites for hydroxylation is 1. The van der Waals surface area contributed by atoms with Crippen LogP contribution in [0, 0.1) is 0 Å². The summed E-state index contributed by atoms with van der Waals surface area (Å²) in [5.74, 6) is 1.65. The fourth-order valence-electron chi connectivity index (χ4n) is 3.92. The average Bonchev–Trinajstić information content (AvgIpc) is 2.72. The number of amides is 1. The molecule has 1 aliphatic heterocycles. The lowest BCUT2D eigenvalue weighted by Crippen LogP contribution is -2.40. The van der Waals surface area contributed by atoms with Gasteiger partial charge in [0.1, 0.15) is 0 Å². The van der Waals surface area contributed by atoms with Gasteiger partial charge >= 0.3 is 0 Å². The van der Waals surface area contributed by atoms with Gasteiger partial charge in [-0.25, -0.2) is 0 Å². The number of rotatable bonds is 12. The number of hydrogen-bond donors (Lipinski definition) is 1. The normalized spacial score (nSPS) is 17.3. The van der Waals surface area contributed by atoms with Gasteiger partial charge in [-0.3, -0.25) is 4.79 Å². The smallest absolute Gasteiger partial charge is 0.220 e. The van der Waals surface area contributed by atoms with E-state index < -0.39 is 0 Å². The van der Waals surface area contributed by atoms with Crippen LogP contribution in [-0.2, 0) is 11.2 Å². The van der Waals surface area contributed by atoms with E-state index in [1.54, 1.807) is 0 Å². The first kappa shape index (κ1) is 22.5. The molecule has 1 atom stereocenters. The second-order valence-corrected chi connectivity index (χ2v) is 7.44. The van der Waals surface area contributed by atoms with Gasteiger partial charge in [0.25, 0.3) is 0 Å². The third kappa shape index (κ3) is 7.34. The molecule has 1 aromatic rings. The molecule has 158 valence electrons. The summed E-state index contributed by atoms with van der Waals surface area (Å²) >= 11 is 0. The van der Waals surface area contributed by atoms with Crippen molar-refractivity contribution < 1.29 is 14.3 Å². The summed E-state index contributed by atoms with van der Waals surface area (Å²) in [5.41, 5.74) is 1.10. The minimum atomic E-state index is 0.123. The molecule has 0 unspecified atom stereocenters. The van der Waals surface area contributed by atoms with Crippen LogP contribution in [0.4, 0.5) is 0 Å². The molecular formula is C23H38N2O3. The van der Waals surface area contributed by atoms with Gasteiger partial charge in [-0.15, -0.1) is 0 Å². The van der Waals surface area contributed by atoms with Crippen molar-refractivity contribution in [2.45, 2.75) is 71.8 Å². The zero-order valence-electron chi connectivity index (χ0n) is 18.0. The van der Waals surface area contributed by atoms with Gasteiger partial charge in [-0.05, 0) is 70.2 Å². The SMILES string of the molecule is CCOc1ccc(CCC(=O)NCCCN2CCCC[C@H]2CC)cc1OCC. The minimum absolute atomic E-state index is 0.123. The van der Waals surface area contributed by atoms with Crippen molar-refractivity contribution in [1.29, 1.82) is 0 Å². The molecular weight excluding hydrogens is 352 g/mol. The molecule has 5 heteroatoms. The molecule has 1 heterocycles. The summed E-state index contributed by atoms with van der Waals surface area (Å²) in [7, 11) is 0. The second-order valence-electron chi connectivity index (χ2n) is 7.44. The fourth-order valence-corrected chi connectivity index (χ4v) is 3.92. The Balaban J connectivity index is 1.69. The Labute approximate surface area is 170 Å². The Hall–Kier alpha value is -1.75.